The van der Waals surface area contributed by atoms with E-state index in [2.05, 4.69) is 15.6 Å². The Kier molecular flexibility index (Phi) is 4.76. The number of amides is 3. The third-order valence-corrected chi connectivity index (χ3v) is 3.62. The van der Waals surface area contributed by atoms with Crippen molar-refractivity contribution in [3.05, 3.63) is 23.5 Å². The summed E-state index contributed by atoms with van der Waals surface area (Å²) in [4.78, 5) is 28.7. The lowest BCUT2D eigenvalue weighted by Gasteiger charge is -2.34. The van der Waals surface area contributed by atoms with Crippen molar-refractivity contribution in [2.75, 3.05) is 18.4 Å². The van der Waals surface area contributed by atoms with Crippen molar-refractivity contribution in [2.24, 2.45) is 0 Å². The molecule has 0 aromatic carbocycles. The molecule has 1 aliphatic heterocycles. The SMILES string of the molecule is CCC1C(=O)NCCN1C(=O)Nc1cnc(C(F)(F)F)cc1C. The fourth-order valence-corrected chi connectivity index (χ4v) is 2.39. The molecule has 23 heavy (non-hydrogen) atoms. The van der Waals surface area contributed by atoms with Crippen LogP contribution in [0.25, 0.3) is 0 Å². The van der Waals surface area contributed by atoms with Gasteiger partial charge in [-0.15, -0.1) is 0 Å². The summed E-state index contributed by atoms with van der Waals surface area (Å²) in [5.74, 6) is -0.240. The van der Waals surface area contributed by atoms with Crippen LogP contribution in [0.2, 0.25) is 0 Å². The number of aromatic nitrogens is 1. The van der Waals surface area contributed by atoms with Gasteiger partial charge in [-0.25, -0.2) is 9.78 Å². The molecule has 0 bridgehead atoms. The van der Waals surface area contributed by atoms with Crippen LogP contribution in [0.15, 0.2) is 12.3 Å². The monoisotopic (exact) mass is 330 g/mol. The van der Waals surface area contributed by atoms with Gasteiger partial charge >= 0.3 is 12.2 Å². The van der Waals surface area contributed by atoms with E-state index in [1.165, 1.54) is 11.8 Å². The standard InChI is InChI=1S/C14H17F3N4O2/c1-3-10-12(22)18-4-5-21(10)13(23)20-9-7-19-11(6-8(9)2)14(15,16)17/h6-7,10H,3-5H2,1-2H3,(H,18,22)(H,20,23). The Morgan fingerprint density at radius 1 is 1.52 bits per heavy atom. The number of hydrogen-bond acceptors (Lipinski definition) is 3. The second-order valence-corrected chi connectivity index (χ2v) is 5.22. The summed E-state index contributed by atoms with van der Waals surface area (Å²) in [6.07, 6.45) is -3.11. The average molecular weight is 330 g/mol. The van der Waals surface area contributed by atoms with E-state index in [-0.39, 0.29) is 17.2 Å². The molecule has 9 heteroatoms. The molecular weight excluding hydrogens is 313 g/mol. The summed E-state index contributed by atoms with van der Waals surface area (Å²) < 4.78 is 37.8. The molecule has 1 fully saturated rings. The van der Waals surface area contributed by atoms with Crippen molar-refractivity contribution in [1.29, 1.82) is 0 Å². The van der Waals surface area contributed by atoms with E-state index < -0.39 is 23.9 Å². The number of hydrogen-bond donors (Lipinski definition) is 2. The number of rotatable bonds is 2. The number of anilines is 1. The number of nitrogens with zero attached hydrogens (tertiary/aromatic N) is 2. The lowest BCUT2D eigenvalue weighted by Crippen LogP contribution is -2.57. The topological polar surface area (TPSA) is 74.3 Å². The molecule has 3 amide bonds. The zero-order valence-corrected chi connectivity index (χ0v) is 12.7. The first-order valence-corrected chi connectivity index (χ1v) is 7.13. The molecule has 0 saturated carbocycles. The molecule has 1 aliphatic rings. The predicted molar refractivity (Wildman–Crippen MR) is 76.8 cm³/mol. The minimum Gasteiger partial charge on any atom is -0.353 e. The van der Waals surface area contributed by atoms with Crippen LogP contribution in [0.3, 0.4) is 0 Å². The van der Waals surface area contributed by atoms with E-state index >= 15 is 0 Å². The number of carbonyl (C=O) groups excluding carboxylic acids is 2. The number of pyridine rings is 1. The Bertz CT molecular complexity index is 619. The van der Waals surface area contributed by atoms with E-state index in [0.717, 1.165) is 12.3 Å². The molecule has 0 aliphatic carbocycles. The summed E-state index contributed by atoms with van der Waals surface area (Å²) in [7, 11) is 0. The highest BCUT2D eigenvalue weighted by Crippen LogP contribution is 2.29. The number of halogens is 3. The first-order chi connectivity index (χ1) is 10.7. The Hall–Kier alpha value is -2.32. The van der Waals surface area contributed by atoms with Gasteiger partial charge < -0.3 is 15.5 Å². The minimum absolute atomic E-state index is 0.184. The summed E-state index contributed by atoms with van der Waals surface area (Å²) >= 11 is 0. The number of piperazine rings is 1. The van der Waals surface area contributed by atoms with Crippen LogP contribution in [0.4, 0.5) is 23.7 Å². The summed E-state index contributed by atoms with van der Waals surface area (Å²) in [5, 5.41) is 5.19. The molecule has 2 rings (SSSR count). The van der Waals surface area contributed by atoms with Gasteiger partial charge in [-0.05, 0) is 25.0 Å². The molecule has 1 aromatic heterocycles. The molecule has 2 N–H and O–H groups in total. The summed E-state index contributed by atoms with van der Waals surface area (Å²) in [5.41, 5.74) is -0.587. The third-order valence-electron chi connectivity index (χ3n) is 3.62. The van der Waals surface area contributed by atoms with E-state index in [1.54, 1.807) is 6.92 Å². The maximum Gasteiger partial charge on any atom is 0.433 e. The number of alkyl halides is 3. The molecule has 126 valence electrons. The molecule has 6 nitrogen and oxygen atoms in total. The van der Waals surface area contributed by atoms with Gasteiger partial charge in [-0.3, -0.25) is 4.79 Å². The van der Waals surface area contributed by atoms with Gasteiger partial charge in [0.05, 0.1) is 11.9 Å². The van der Waals surface area contributed by atoms with E-state index in [0.29, 0.717) is 19.5 Å². The fraction of sp³-hybridized carbons (Fsp3) is 0.500. The van der Waals surface area contributed by atoms with E-state index in [4.69, 9.17) is 0 Å². The Labute approximate surface area is 131 Å². The summed E-state index contributed by atoms with van der Waals surface area (Å²) in [6.45, 7) is 3.91. The second kappa shape index (κ2) is 6.43. The molecule has 1 atom stereocenters. The smallest absolute Gasteiger partial charge is 0.353 e. The van der Waals surface area contributed by atoms with Crippen molar-refractivity contribution in [2.45, 2.75) is 32.5 Å². The predicted octanol–water partition coefficient (Wildman–Crippen LogP) is 2.15. The van der Waals surface area contributed by atoms with Gasteiger partial charge in [0, 0.05) is 13.1 Å². The molecule has 2 heterocycles. The Balaban J connectivity index is 2.15. The van der Waals surface area contributed by atoms with Gasteiger partial charge in [-0.2, -0.15) is 13.2 Å². The lowest BCUT2D eigenvalue weighted by atomic mass is 10.1. The van der Waals surface area contributed by atoms with Crippen LogP contribution >= 0.6 is 0 Å². The van der Waals surface area contributed by atoms with Gasteiger partial charge in [0.1, 0.15) is 11.7 Å². The first kappa shape index (κ1) is 17.0. The normalized spacial score (nSPS) is 18.6. The lowest BCUT2D eigenvalue weighted by molar-refractivity contribution is -0.141. The van der Waals surface area contributed by atoms with Crippen molar-refractivity contribution >= 4 is 17.6 Å². The maximum atomic E-state index is 12.6. The fourth-order valence-electron chi connectivity index (χ4n) is 2.39. The number of carbonyl (C=O) groups is 2. The largest absolute Gasteiger partial charge is 0.433 e. The Morgan fingerprint density at radius 2 is 2.22 bits per heavy atom. The molecule has 1 unspecified atom stereocenters. The molecule has 0 spiro atoms. The van der Waals surface area contributed by atoms with E-state index in [9.17, 15) is 22.8 Å². The van der Waals surface area contributed by atoms with Gasteiger partial charge in [0.25, 0.3) is 0 Å². The number of aryl methyl sites for hydroxylation is 1. The van der Waals surface area contributed by atoms with E-state index in [1.807, 2.05) is 0 Å². The Morgan fingerprint density at radius 3 is 2.78 bits per heavy atom. The maximum absolute atomic E-state index is 12.6. The highest BCUT2D eigenvalue weighted by molar-refractivity contribution is 5.94. The quantitative estimate of drug-likeness (QED) is 0.872. The van der Waals surface area contributed by atoms with Crippen molar-refractivity contribution in [3.63, 3.8) is 0 Å². The molecule has 1 aromatic rings. The molecule has 0 radical (unpaired) electrons. The highest BCUT2D eigenvalue weighted by atomic mass is 19.4. The van der Waals surface area contributed by atoms with Crippen LogP contribution in [0.1, 0.15) is 24.6 Å². The zero-order chi connectivity index (χ0) is 17.2. The van der Waals surface area contributed by atoms with Crippen molar-refractivity contribution < 1.29 is 22.8 Å². The van der Waals surface area contributed by atoms with Gasteiger partial charge in [0.15, 0.2) is 0 Å². The highest BCUT2D eigenvalue weighted by Gasteiger charge is 2.34. The summed E-state index contributed by atoms with van der Waals surface area (Å²) in [6, 6.07) is -0.252. The van der Waals surface area contributed by atoms with Crippen LogP contribution < -0.4 is 10.6 Å². The zero-order valence-electron chi connectivity index (χ0n) is 12.7. The van der Waals surface area contributed by atoms with Gasteiger partial charge in [0.2, 0.25) is 5.91 Å². The van der Waals surface area contributed by atoms with Crippen LogP contribution in [-0.2, 0) is 11.0 Å². The first-order valence-electron chi connectivity index (χ1n) is 7.13. The van der Waals surface area contributed by atoms with Crippen LogP contribution in [0, 0.1) is 6.92 Å². The van der Waals surface area contributed by atoms with Crippen molar-refractivity contribution in [1.82, 2.24) is 15.2 Å². The van der Waals surface area contributed by atoms with Crippen LogP contribution in [-0.4, -0.2) is 41.0 Å². The molecule has 1 saturated heterocycles. The van der Waals surface area contributed by atoms with Crippen LogP contribution in [0.5, 0.6) is 0 Å². The van der Waals surface area contributed by atoms with Gasteiger partial charge in [-0.1, -0.05) is 6.92 Å². The number of urea groups is 1. The third kappa shape index (κ3) is 3.72. The van der Waals surface area contributed by atoms with Crippen molar-refractivity contribution in [3.8, 4) is 0 Å². The number of nitrogens with one attached hydrogen (secondary N) is 2. The molecular formula is C14H17F3N4O2. The second-order valence-electron chi connectivity index (χ2n) is 5.22. The minimum atomic E-state index is -4.54. The average Bonchev–Trinajstić information content (AvgIpc) is 2.47.